The van der Waals surface area contributed by atoms with Crippen molar-refractivity contribution in [3.63, 3.8) is 0 Å². The Bertz CT molecular complexity index is 435. The van der Waals surface area contributed by atoms with Gasteiger partial charge in [0.1, 0.15) is 11.0 Å². The van der Waals surface area contributed by atoms with Gasteiger partial charge >= 0.3 is 12.0 Å². The standard InChI is InChI=1S/C11H15N3O3S/c1-7(9-12-4-6-18-9)13-11(17)14-5-2-3-8(14)10(15)16/h4,6-8H,2-3,5H2,1H3,(H,13,17)(H,15,16)/t7?,8-/m1/s1. The van der Waals surface area contributed by atoms with Crippen LogP contribution in [0.5, 0.6) is 0 Å². The van der Waals surface area contributed by atoms with Crippen LogP contribution in [0.1, 0.15) is 30.8 Å². The van der Waals surface area contributed by atoms with Crippen LogP contribution in [0, 0.1) is 0 Å². The fourth-order valence-electron chi connectivity index (χ4n) is 2.04. The van der Waals surface area contributed by atoms with Gasteiger partial charge in [0.05, 0.1) is 6.04 Å². The van der Waals surface area contributed by atoms with E-state index in [1.165, 1.54) is 16.2 Å². The van der Waals surface area contributed by atoms with Gasteiger partial charge in [0, 0.05) is 18.1 Å². The molecule has 1 aromatic heterocycles. The highest BCUT2D eigenvalue weighted by Crippen LogP contribution is 2.20. The van der Waals surface area contributed by atoms with Crippen LogP contribution < -0.4 is 5.32 Å². The van der Waals surface area contributed by atoms with Gasteiger partial charge in [0.25, 0.3) is 0 Å². The third-order valence-electron chi connectivity index (χ3n) is 2.96. The van der Waals surface area contributed by atoms with Crippen LogP contribution in [-0.4, -0.2) is 39.6 Å². The fraction of sp³-hybridized carbons (Fsp3) is 0.545. The molecule has 1 unspecified atom stereocenters. The highest BCUT2D eigenvalue weighted by Gasteiger charge is 2.34. The molecule has 6 nitrogen and oxygen atoms in total. The second-order valence-electron chi connectivity index (χ2n) is 4.23. The lowest BCUT2D eigenvalue weighted by molar-refractivity contribution is -0.141. The average Bonchev–Trinajstić information content (AvgIpc) is 3.00. The van der Waals surface area contributed by atoms with E-state index >= 15 is 0 Å². The normalized spacial score (nSPS) is 20.7. The van der Waals surface area contributed by atoms with Crippen molar-refractivity contribution in [2.24, 2.45) is 0 Å². The summed E-state index contributed by atoms with van der Waals surface area (Å²) in [6.07, 6.45) is 2.93. The molecular formula is C11H15N3O3S. The zero-order chi connectivity index (χ0) is 13.1. The second-order valence-corrected chi connectivity index (χ2v) is 5.16. The Kier molecular flexibility index (Phi) is 3.81. The van der Waals surface area contributed by atoms with E-state index in [9.17, 15) is 9.59 Å². The van der Waals surface area contributed by atoms with E-state index < -0.39 is 12.0 Å². The van der Waals surface area contributed by atoms with Crippen LogP contribution in [0.25, 0.3) is 0 Å². The van der Waals surface area contributed by atoms with Gasteiger partial charge in [-0.25, -0.2) is 14.6 Å². The molecule has 2 atom stereocenters. The van der Waals surface area contributed by atoms with Crippen molar-refractivity contribution in [1.82, 2.24) is 15.2 Å². The summed E-state index contributed by atoms with van der Waals surface area (Å²) in [7, 11) is 0. The molecule has 1 fully saturated rings. The molecule has 0 radical (unpaired) electrons. The van der Waals surface area contributed by atoms with Crippen LogP contribution in [0.15, 0.2) is 11.6 Å². The number of thiazole rings is 1. The molecule has 1 aliphatic rings. The number of carbonyl (C=O) groups is 2. The summed E-state index contributed by atoms with van der Waals surface area (Å²) in [5, 5.41) is 14.5. The lowest BCUT2D eigenvalue weighted by Gasteiger charge is -2.23. The highest BCUT2D eigenvalue weighted by molar-refractivity contribution is 7.09. The summed E-state index contributed by atoms with van der Waals surface area (Å²) in [4.78, 5) is 28.5. The molecule has 1 saturated heterocycles. The van der Waals surface area contributed by atoms with E-state index in [-0.39, 0.29) is 12.1 Å². The van der Waals surface area contributed by atoms with Crippen LogP contribution in [0.3, 0.4) is 0 Å². The van der Waals surface area contributed by atoms with Gasteiger partial charge in [-0.3, -0.25) is 0 Å². The number of carboxylic acid groups (broad SMARTS) is 1. The molecule has 2 amide bonds. The number of aliphatic carboxylic acids is 1. The van der Waals surface area contributed by atoms with E-state index in [0.29, 0.717) is 13.0 Å². The predicted octanol–water partition coefficient (Wildman–Crippen LogP) is 1.46. The van der Waals surface area contributed by atoms with Crippen molar-refractivity contribution >= 4 is 23.3 Å². The first-order chi connectivity index (χ1) is 8.59. The molecular weight excluding hydrogens is 254 g/mol. The van der Waals surface area contributed by atoms with Gasteiger partial charge in [-0.1, -0.05) is 0 Å². The second kappa shape index (κ2) is 5.34. The van der Waals surface area contributed by atoms with Crippen molar-refractivity contribution in [2.75, 3.05) is 6.54 Å². The molecule has 1 aromatic rings. The van der Waals surface area contributed by atoms with Crippen molar-refractivity contribution in [3.05, 3.63) is 16.6 Å². The molecule has 98 valence electrons. The average molecular weight is 269 g/mol. The zero-order valence-corrected chi connectivity index (χ0v) is 10.8. The molecule has 7 heteroatoms. The van der Waals surface area contributed by atoms with Crippen molar-refractivity contribution in [2.45, 2.75) is 31.8 Å². The lowest BCUT2D eigenvalue weighted by atomic mass is 10.2. The summed E-state index contributed by atoms with van der Waals surface area (Å²) >= 11 is 1.46. The monoisotopic (exact) mass is 269 g/mol. The molecule has 0 aliphatic carbocycles. The zero-order valence-electron chi connectivity index (χ0n) is 10.00. The maximum Gasteiger partial charge on any atom is 0.326 e. The molecule has 18 heavy (non-hydrogen) atoms. The van der Waals surface area contributed by atoms with Crippen LogP contribution in [0.4, 0.5) is 4.79 Å². The summed E-state index contributed by atoms with van der Waals surface area (Å²) in [6, 6.07) is -1.23. The SMILES string of the molecule is CC(NC(=O)N1CCC[C@@H]1C(=O)O)c1nccs1. The summed E-state index contributed by atoms with van der Waals surface area (Å²) in [5.74, 6) is -0.940. The molecule has 0 spiro atoms. The number of hydrogen-bond donors (Lipinski definition) is 2. The Hall–Kier alpha value is -1.63. The van der Waals surface area contributed by atoms with Crippen LogP contribution >= 0.6 is 11.3 Å². The topological polar surface area (TPSA) is 82.5 Å². The molecule has 0 bridgehead atoms. The highest BCUT2D eigenvalue weighted by atomic mass is 32.1. The fourth-order valence-corrected chi connectivity index (χ4v) is 2.69. The largest absolute Gasteiger partial charge is 0.480 e. The van der Waals surface area contributed by atoms with E-state index in [4.69, 9.17) is 5.11 Å². The maximum atomic E-state index is 12.0. The van der Waals surface area contributed by atoms with E-state index in [2.05, 4.69) is 10.3 Å². The number of nitrogens with one attached hydrogen (secondary N) is 1. The van der Waals surface area contributed by atoms with Gasteiger partial charge in [-0.05, 0) is 19.8 Å². The number of rotatable bonds is 3. The third-order valence-corrected chi connectivity index (χ3v) is 3.92. The Morgan fingerprint density at radius 1 is 1.67 bits per heavy atom. The lowest BCUT2D eigenvalue weighted by Crippen LogP contribution is -2.46. The first-order valence-corrected chi connectivity index (χ1v) is 6.67. The number of urea groups is 1. The van der Waals surface area contributed by atoms with Gasteiger partial charge in [0.2, 0.25) is 0 Å². The maximum absolute atomic E-state index is 12.0. The summed E-state index contributed by atoms with van der Waals surface area (Å²) in [5.41, 5.74) is 0. The summed E-state index contributed by atoms with van der Waals surface area (Å²) in [6.45, 7) is 2.33. The Morgan fingerprint density at radius 2 is 2.44 bits per heavy atom. The van der Waals surface area contributed by atoms with Gasteiger partial charge in [-0.15, -0.1) is 11.3 Å². The summed E-state index contributed by atoms with van der Waals surface area (Å²) < 4.78 is 0. The van der Waals surface area contributed by atoms with E-state index in [1.807, 2.05) is 12.3 Å². The smallest absolute Gasteiger partial charge is 0.326 e. The van der Waals surface area contributed by atoms with Gasteiger partial charge in [0.15, 0.2) is 0 Å². The van der Waals surface area contributed by atoms with E-state index in [0.717, 1.165) is 11.4 Å². The number of carboxylic acids is 1. The van der Waals surface area contributed by atoms with Gasteiger partial charge < -0.3 is 15.3 Å². The first-order valence-electron chi connectivity index (χ1n) is 5.79. The minimum Gasteiger partial charge on any atom is -0.480 e. The Morgan fingerprint density at radius 3 is 3.06 bits per heavy atom. The first kappa shape index (κ1) is 12.8. The van der Waals surface area contributed by atoms with Crippen molar-refractivity contribution in [1.29, 1.82) is 0 Å². The van der Waals surface area contributed by atoms with E-state index in [1.54, 1.807) is 6.20 Å². The van der Waals surface area contributed by atoms with Gasteiger partial charge in [-0.2, -0.15) is 0 Å². The van der Waals surface area contributed by atoms with Crippen LogP contribution in [-0.2, 0) is 4.79 Å². The molecule has 2 N–H and O–H groups in total. The number of likely N-dealkylation sites (tertiary alicyclic amines) is 1. The third kappa shape index (κ3) is 2.61. The Balaban J connectivity index is 1.97. The minimum atomic E-state index is -0.940. The quantitative estimate of drug-likeness (QED) is 0.870. The van der Waals surface area contributed by atoms with Crippen LogP contribution in [0.2, 0.25) is 0 Å². The molecule has 0 saturated carbocycles. The number of aromatic nitrogens is 1. The predicted molar refractivity (Wildman–Crippen MR) is 66.4 cm³/mol. The molecule has 1 aliphatic heterocycles. The number of carbonyl (C=O) groups excluding carboxylic acids is 1. The van der Waals surface area contributed by atoms with Crippen molar-refractivity contribution < 1.29 is 14.7 Å². The molecule has 0 aromatic carbocycles. The number of nitrogens with zero attached hydrogens (tertiary/aromatic N) is 2. The Labute approximate surface area is 109 Å². The number of amides is 2. The minimum absolute atomic E-state index is 0.201. The molecule has 2 heterocycles. The molecule has 2 rings (SSSR count). The number of hydrogen-bond acceptors (Lipinski definition) is 4. The van der Waals surface area contributed by atoms with Crippen molar-refractivity contribution in [3.8, 4) is 0 Å².